The highest BCUT2D eigenvalue weighted by molar-refractivity contribution is 8.00. The van der Waals surface area contributed by atoms with E-state index in [1.165, 1.54) is 42.3 Å². The van der Waals surface area contributed by atoms with E-state index in [-0.39, 0.29) is 5.69 Å². The predicted octanol–water partition coefficient (Wildman–Crippen LogP) is 3.67. The number of aryl methyl sites for hydroxylation is 1. The zero-order chi connectivity index (χ0) is 17.2. The molecule has 1 aliphatic carbocycles. The normalized spacial score (nSPS) is 15.7. The molecule has 5 nitrogen and oxygen atoms in total. The van der Waals surface area contributed by atoms with Crippen LogP contribution in [0.1, 0.15) is 43.2 Å². The molecule has 4 rings (SSSR count). The topological polar surface area (TPSA) is 52.2 Å². The maximum absolute atomic E-state index is 12.7. The van der Waals surface area contributed by atoms with Crippen LogP contribution in [0.4, 0.5) is 0 Å². The summed E-state index contributed by atoms with van der Waals surface area (Å²) < 4.78 is 3.15. The number of benzene rings is 1. The van der Waals surface area contributed by atoms with Gasteiger partial charge < -0.3 is 0 Å². The molecule has 0 amide bonds. The Balaban J connectivity index is 1.65. The fraction of sp³-hybridized carbons (Fsp3) is 0.421. The third-order valence-electron chi connectivity index (χ3n) is 4.75. The van der Waals surface area contributed by atoms with Gasteiger partial charge in [-0.25, -0.2) is 18.9 Å². The molecule has 0 unspecified atom stereocenters. The largest absolute Gasteiger partial charge is 0.350 e. The van der Waals surface area contributed by atoms with Gasteiger partial charge in [0.05, 0.1) is 6.54 Å². The fourth-order valence-corrected chi connectivity index (χ4v) is 4.57. The molecule has 0 atom stereocenters. The summed E-state index contributed by atoms with van der Waals surface area (Å²) in [5, 5.41) is 6.04. The van der Waals surface area contributed by atoms with Gasteiger partial charge >= 0.3 is 5.69 Å². The van der Waals surface area contributed by atoms with Crippen LogP contribution in [0.25, 0.3) is 5.65 Å². The summed E-state index contributed by atoms with van der Waals surface area (Å²) in [6.07, 6.45) is 9.77. The van der Waals surface area contributed by atoms with Crippen molar-refractivity contribution in [3.63, 3.8) is 0 Å². The lowest BCUT2D eigenvalue weighted by molar-refractivity contribution is 0.516. The van der Waals surface area contributed by atoms with Crippen molar-refractivity contribution < 1.29 is 0 Å². The Morgan fingerprint density at radius 3 is 2.68 bits per heavy atom. The molecule has 1 fully saturated rings. The molecule has 0 spiro atoms. The fourth-order valence-electron chi connectivity index (χ4n) is 3.32. The molecule has 0 radical (unpaired) electrons. The second-order valence-corrected chi connectivity index (χ2v) is 8.02. The monoisotopic (exact) mass is 354 g/mol. The van der Waals surface area contributed by atoms with Gasteiger partial charge in [-0.15, -0.1) is 5.10 Å². The maximum Gasteiger partial charge on any atom is 0.350 e. The molecule has 2 heterocycles. The van der Waals surface area contributed by atoms with Crippen molar-refractivity contribution >= 4 is 17.4 Å². The van der Waals surface area contributed by atoms with Gasteiger partial charge in [-0.2, -0.15) is 0 Å². The number of rotatable bonds is 4. The zero-order valence-corrected chi connectivity index (χ0v) is 15.2. The summed E-state index contributed by atoms with van der Waals surface area (Å²) in [7, 11) is 0. The molecule has 3 aromatic rings. The van der Waals surface area contributed by atoms with Crippen molar-refractivity contribution in [3.05, 3.63) is 58.3 Å². The minimum atomic E-state index is -0.108. The zero-order valence-electron chi connectivity index (χ0n) is 14.4. The van der Waals surface area contributed by atoms with Gasteiger partial charge in [0.1, 0.15) is 5.03 Å². The molecule has 1 aromatic carbocycles. The molecular weight excluding hydrogens is 332 g/mol. The van der Waals surface area contributed by atoms with E-state index in [1.807, 2.05) is 12.1 Å². The van der Waals surface area contributed by atoms with Crippen LogP contribution < -0.4 is 5.69 Å². The lowest BCUT2D eigenvalue weighted by Gasteiger charge is -2.20. The Morgan fingerprint density at radius 2 is 1.92 bits per heavy atom. The predicted molar refractivity (Wildman–Crippen MR) is 100 cm³/mol. The van der Waals surface area contributed by atoms with Crippen molar-refractivity contribution in [2.45, 2.75) is 55.8 Å². The minimum absolute atomic E-state index is 0.108. The molecule has 6 heteroatoms. The molecule has 0 bridgehead atoms. The second-order valence-electron chi connectivity index (χ2n) is 6.73. The highest BCUT2D eigenvalue weighted by Crippen LogP contribution is 2.33. The van der Waals surface area contributed by atoms with Gasteiger partial charge in [-0.05, 0) is 25.3 Å². The van der Waals surface area contributed by atoms with Crippen LogP contribution in [0, 0.1) is 6.92 Å². The lowest BCUT2D eigenvalue weighted by atomic mass is 10.0. The SMILES string of the molecule is Cc1ccc(Cn2nc3c(SC4CCCCC4)nccn3c2=O)cc1. The van der Waals surface area contributed by atoms with Crippen LogP contribution in [-0.4, -0.2) is 24.4 Å². The van der Waals surface area contributed by atoms with E-state index < -0.39 is 0 Å². The smallest absolute Gasteiger partial charge is 0.246 e. The van der Waals surface area contributed by atoms with Gasteiger partial charge in [0.25, 0.3) is 0 Å². The molecule has 0 N–H and O–H groups in total. The molecular formula is C19H22N4OS. The van der Waals surface area contributed by atoms with Gasteiger partial charge in [0.15, 0.2) is 5.65 Å². The van der Waals surface area contributed by atoms with E-state index >= 15 is 0 Å². The van der Waals surface area contributed by atoms with Crippen molar-refractivity contribution in [1.29, 1.82) is 0 Å². The molecule has 1 saturated carbocycles. The molecule has 2 aromatic heterocycles. The number of hydrogen-bond acceptors (Lipinski definition) is 4. The number of hydrogen-bond donors (Lipinski definition) is 0. The van der Waals surface area contributed by atoms with E-state index in [0.717, 1.165) is 10.6 Å². The summed E-state index contributed by atoms with van der Waals surface area (Å²) in [6, 6.07) is 8.20. The Hall–Kier alpha value is -2.08. The van der Waals surface area contributed by atoms with Crippen molar-refractivity contribution in [2.75, 3.05) is 0 Å². The van der Waals surface area contributed by atoms with Crippen LogP contribution >= 0.6 is 11.8 Å². The Labute approximate surface area is 151 Å². The Morgan fingerprint density at radius 1 is 1.16 bits per heavy atom. The van der Waals surface area contributed by atoms with E-state index in [9.17, 15) is 4.79 Å². The first-order chi connectivity index (χ1) is 12.2. The summed E-state index contributed by atoms with van der Waals surface area (Å²) >= 11 is 1.78. The standard InChI is InChI=1S/C19H22N4OS/c1-14-7-9-15(10-8-14)13-23-19(24)22-12-11-20-18(17(22)21-23)25-16-5-3-2-4-6-16/h7-12,16H,2-6,13H2,1H3. The van der Waals surface area contributed by atoms with Gasteiger partial charge in [0, 0.05) is 17.6 Å². The first-order valence-electron chi connectivity index (χ1n) is 8.87. The van der Waals surface area contributed by atoms with Crippen LogP contribution in [0.3, 0.4) is 0 Å². The van der Waals surface area contributed by atoms with E-state index in [2.05, 4.69) is 29.1 Å². The van der Waals surface area contributed by atoms with Crippen LogP contribution in [0.2, 0.25) is 0 Å². The van der Waals surface area contributed by atoms with Crippen molar-refractivity contribution in [1.82, 2.24) is 19.2 Å². The molecule has 1 aliphatic rings. The minimum Gasteiger partial charge on any atom is -0.246 e. The van der Waals surface area contributed by atoms with Crippen LogP contribution in [0.5, 0.6) is 0 Å². The van der Waals surface area contributed by atoms with Gasteiger partial charge in [0.2, 0.25) is 0 Å². The molecule has 0 saturated heterocycles. The first-order valence-corrected chi connectivity index (χ1v) is 9.75. The second kappa shape index (κ2) is 7.04. The number of thioether (sulfide) groups is 1. The molecule has 0 aliphatic heterocycles. The lowest BCUT2D eigenvalue weighted by Crippen LogP contribution is -2.21. The van der Waals surface area contributed by atoms with Crippen LogP contribution in [0.15, 0.2) is 46.5 Å². The number of aromatic nitrogens is 4. The van der Waals surface area contributed by atoms with Crippen molar-refractivity contribution in [3.8, 4) is 0 Å². The summed E-state index contributed by atoms with van der Waals surface area (Å²) in [6.45, 7) is 2.54. The Kier molecular flexibility index (Phi) is 4.61. The van der Waals surface area contributed by atoms with Gasteiger partial charge in [-0.1, -0.05) is 60.9 Å². The average Bonchev–Trinajstić information content (AvgIpc) is 2.95. The first kappa shape index (κ1) is 16.4. The summed E-state index contributed by atoms with van der Waals surface area (Å²) in [5.41, 5.74) is 2.85. The summed E-state index contributed by atoms with van der Waals surface area (Å²) in [4.78, 5) is 17.2. The number of fused-ring (bicyclic) bond motifs is 1. The maximum atomic E-state index is 12.7. The highest BCUT2D eigenvalue weighted by Gasteiger charge is 2.19. The Bertz CT molecular complexity index is 923. The average molecular weight is 354 g/mol. The van der Waals surface area contributed by atoms with Crippen LogP contribution in [-0.2, 0) is 6.54 Å². The highest BCUT2D eigenvalue weighted by atomic mass is 32.2. The van der Waals surface area contributed by atoms with Crippen molar-refractivity contribution in [2.24, 2.45) is 0 Å². The van der Waals surface area contributed by atoms with E-state index in [0.29, 0.717) is 17.4 Å². The summed E-state index contributed by atoms with van der Waals surface area (Å²) in [5.74, 6) is 0. The third kappa shape index (κ3) is 3.49. The molecule has 25 heavy (non-hydrogen) atoms. The number of nitrogens with zero attached hydrogens (tertiary/aromatic N) is 4. The third-order valence-corrected chi connectivity index (χ3v) is 6.07. The molecule has 130 valence electrons. The van der Waals surface area contributed by atoms with E-state index in [1.54, 1.807) is 28.6 Å². The van der Waals surface area contributed by atoms with Gasteiger partial charge in [-0.3, -0.25) is 0 Å². The van der Waals surface area contributed by atoms with E-state index in [4.69, 9.17) is 0 Å². The quantitative estimate of drug-likeness (QED) is 0.717.